The van der Waals surface area contributed by atoms with Crippen LogP contribution in [0.3, 0.4) is 0 Å². The van der Waals surface area contributed by atoms with Crippen LogP contribution in [-0.4, -0.2) is 10.7 Å². The minimum absolute atomic E-state index is 0.352. The number of hydrogen-bond donors (Lipinski definition) is 1. The molecule has 0 aromatic rings. The lowest BCUT2D eigenvalue weighted by atomic mass is 9.64. The molecule has 2 unspecified atom stereocenters. The molecule has 1 N–H and O–H groups in total. The zero-order valence-electron chi connectivity index (χ0n) is 11.2. The van der Waals surface area contributed by atoms with Gasteiger partial charge in [0.25, 0.3) is 0 Å². The van der Waals surface area contributed by atoms with Crippen LogP contribution in [0.4, 0.5) is 0 Å². The third-order valence-corrected chi connectivity index (χ3v) is 6.79. The molecule has 92 valence electrons. The third kappa shape index (κ3) is 1.06. The maximum Gasteiger partial charge on any atom is 0.0653 e. The summed E-state index contributed by atoms with van der Waals surface area (Å²) in [7, 11) is 0. The lowest BCUT2D eigenvalue weighted by Gasteiger charge is -2.44. The summed E-state index contributed by atoms with van der Waals surface area (Å²) in [4.78, 5) is 0. The zero-order chi connectivity index (χ0) is 11.8. The molecule has 0 radical (unpaired) electrons. The summed E-state index contributed by atoms with van der Waals surface area (Å²) < 4.78 is 0. The molecule has 2 bridgehead atoms. The van der Waals surface area contributed by atoms with E-state index < -0.39 is 5.60 Å². The molecule has 1 nitrogen and oxygen atoms in total. The molecule has 1 heteroatoms. The maximum absolute atomic E-state index is 10.6. The average molecular weight is 222 g/mol. The Balaban J connectivity index is 2.07. The van der Waals surface area contributed by atoms with Crippen LogP contribution in [0.1, 0.15) is 59.8 Å². The highest BCUT2D eigenvalue weighted by molar-refractivity contribution is 5.16. The van der Waals surface area contributed by atoms with E-state index >= 15 is 0 Å². The van der Waals surface area contributed by atoms with E-state index in [2.05, 4.69) is 27.7 Å². The second-order valence-corrected chi connectivity index (χ2v) is 7.70. The largest absolute Gasteiger partial charge is 0.390 e. The SMILES string of the molecule is C[C@@H]1CC[C@H]2C(C)(C)C3CC12CC[C@@]3(C)O. The zero-order valence-corrected chi connectivity index (χ0v) is 11.2. The normalized spacial score (nSPS) is 58.7. The first kappa shape index (κ1) is 11.1. The highest BCUT2D eigenvalue weighted by atomic mass is 16.3. The molecule has 0 heterocycles. The molecule has 3 saturated carbocycles. The summed E-state index contributed by atoms with van der Waals surface area (Å²) in [5.41, 5.74) is 0.542. The number of rotatable bonds is 0. The summed E-state index contributed by atoms with van der Waals surface area (Å²) in [6.07, 6.45) is 6.41. The van der Waals surface area contributed by atoms with Crippen molar-refractivity contribution in [3.8, 4) is 0 Å². The first-order valence-corrected chi connectivity index (χ1v) is 7.03. The van der Waals surface area contributed by atoms with Gasteiger partial charge in [0.2, 0.25) is 0 Å². The summed E-state index contributed by atoms with van der Waals surface area (Å²) >= 11 is 0. The summed E-state index contributed by atoms with van der Waals surface area (Å²) in [6, 6.07) is 0. The molecule has 0 aliphatic heterocycles. The van der Waals surface area contributed by atoms with Crippen molar-refractivity contribution in [3.63, 3.8) is 0 Å². The van der Waals surface area contributed by atoms with E-state index in [9.17, 15) is 5.11 Å². The second kappa shape index (κ2) is 2.85. The van der Waals surface area contributed by atoms with Gasteiger partial charge in [-0.3, -0.25) is 0 Å². The molecular weight excluding hydrogens is 196 g/mol. The van der Waals surface area contributed by atoms with Gasteiger partial charge >= 0.3 is 0 Å². The first-order valence-electron chi connectivity index (χ1n) is 7.03. The van der Waals surface area contributed by atoms with Gasteiger partial charge in [-0.15, -0.1) is 0 Å². The summed E-state index contributed by atoms with van der Waals surface area (Å²) in [6.45, 7) is 9.38. The Morgan fingerprint density at radius 2 is 1.69 bits per heavy atom. The van der Waals surface area contributed by atoms with Gasteiger partial charge in [-0.2, -0.15) is 0 Å². The van der Waals surface area contributed by atoms with E-state index in [0.29, 0.717) is 16.7 Å². The Kier molecular flexibility index (Phi) is 1.98. The molecular formula is C15H26O. The van der Waals surface area contributed by atoms with Crippen LogP contribution < -0.4 is 0 Å². The molecule has 0 amide bonds. The van der Waals surface area contributed by atoms with Crippen molar-refractivity contribution < 1.29 is 5.11 Å². The average Bonchev–Trinajstić information content (AvgIpc) is 2.58. The van der Waals surface area contributed by atoms with Gasteiger partial charge in [0.15, 0.2) is 0 Å². The van der Waals surface area contributed by atoms with Gasteiger partial charge in [0.05, 0.1) is 5.60 Å². The topological polar surface area (TPSA) is 20.2 Å². The van der Waals surface area contributed by atoms with Crippen molar-refractivity contribution in [2.45, 2.75) is 65.4 Å². The first-order chi connectivity index (χ1) is 7.31. The fourth-order valence-corrected chi connectivity index (χ4v) is 5.88. The quantitative estimate of drug-likeness (QED) is 0.664. The van der Waals surface area contributed by atoms with Gasteiger partial charge in [0.1, 0.15) is 0 Å². The molecule has 1 spiro atoms. The molecule has 3 aliphatic carbocycles. The Hall–Kier alpha value is -0.0400. The highest BCUT2D eigenvalue weighted by Gasteiger charge is 2.67. The van der Waals surface area contributed by atoms with E-state index in [1.54, 1.807) is 0 Å². The van der Waals surface area contributed by atoms with Crippen LogP contribution in [0.15, 0.2) is 0 Å². The minimum atomic E-state index is -0.404. The summed E-state index contributed by atoms with van der Waals surface area (Å²) in [5, 5.41) is 10.6. The second-order valence-electron chi connectivity index (χ2n) is 7.70. The number of fused-ring (bicyclic) bond motifs is 1. The van der Waals surface area contributed by atoms with Crippen molar-refractivity contribution in [2.75, 3.05) is 0 Å². The fraction of sp³-hybridized carbons (Fsp3) is 1.00. The van der Waals surface area contributed by atoms with Crippen molar-refractivity contribution in [3.05, 3.63) is 0 Å². The molecule has 0 saturated heterocycles. The van der Waals surface area contributed by atoms with Crippen LogP contribution in [0.2, 0.25) is 0 Å². The lowest BCUT2D eigenvalue weighted by Crippen LogP contribution is -2.44. The Morgan fingerprint density at radius 3 is 2.38 bits per heavy atom. The van der Waals surface area contributed by atoms with Crippen molar-refractivity contribution in [1.29, 1.82) is 0 Å². The standard InChI is InChI=1S/C15H26O/c1-10-5-6-11-13(2,3)12-9-15(10,11)8-7-14(12,4)16/h10-12,16H,5-9H2,1-4H3/t10-,11+,12?,14-,15?/m1/s1. The predicted molar refractivity (Wildman–Crippen MR) is 66.1 cm³/mol. The molecule has 0 aromatic carbocycles. The fourth-order valence-electron chi connectivity index (χ4n) is 5.88. The molecule has 5 atom stereocenters. The lowest BCUT2D eigenvalue weighted by molar-refractivity contribution is -0.0717. The van der Waals surface area contributed by atoms with Crippen molar-refractivity contribution >= 4 is 0 Å². The van der Waals surface area contributed by atoms with E-state index in [1.807, 2.05) is 0 Å². The molecule has 16 heavy (non-hydrogen) atoms. The molecule has 3 fully saturated rings. The van der Waals surface area contributed by atoms with Crippen LogP contribution >= 0.6 is 0 Å². The predicted octanol–water partition coefficient (Wildman–Crippen LogP) is 3.61. The van der Waals surface area contributed by atoms with Gasteiger partial charge in [-0.25, -0.2) is 0 Å². The Morgan fingerprint density at radius 1 is 1.00 bits per heavy atom. The molecule has 3 aliphatic rings. The van der Waals surface area contributed by atoms with Gasteiger partial charge in [-0.1, -0.05) is 20.8 Å². The monoisotopic (exact) mass is 222 g/mol. The van der Waals surface area contributed by atoms with Crippen LogP contribution in [0.5, 0.6) is 0 Å². The highest BCUT2D eigenvalue weighted by Crippen LogP contribution is 2.73. The van der Waals surface area contributed by atoms with E-state index in [0.717, 1.165) is 18.3 Å². The number of aliphatic hydroxyl groups is 1. The van der Waals surface area contributed by atoms with E-state index in [1.165, 1.54) is 25.7 Å². The van der Waals surface area contributed by atoms with E-state index in [-0.39, 0.29) is 0 Å². The van der Waals surface area contributed by atoms with Crippen molar-refractivity contribution in [2.24, 2.45) is 28.6 Å². The van der Waals surface area contributed by atoms with Crippen LogP contribution in [0, 0.1) is 28.6 Å². The van der Waals surface area contributed by atoms with Crippen molar-refractivity contribution in [1.82, 2.24) is 0 Å². The number of hydrogen-bond acceptors (Lipinski definition) is 1. The maximum atomic E-state index is 10.6. The van der Waals surface area contributed by atoms with Gasteiger partial charge < -0.3 is 5.11 Å². The van der Waals surface area contributed by atoms with Crippen LogP contribution in [-0.2, 0) is 0 Å². The minimum Gasteiger partial charge on any atom is -0.390 e. The molecule has 3 rings (SSSR count). The Bertz CT molecular complexity index is 313. The van der Waals surface area contributed by atoms with E-state index in [4.69, 9.17) is 0 Å². The third-order valence-electron chi connectivity index (χ3n) is 6.79. The smallest absolute Gasteiger partial charge is 0.0653 e. The Labute approximate surface area is 99.6 Å². The van der Waals surface area contributed by atoms with Crippen LogP contribution in [0.25, 0.3) is 0 Å². The summed E-state index contributed by atoms with van der Waals surface area (Å²) in [5.74, 6) is 2.29. The molecule has 0 aromatic heterocycles. The van der Waals surface area contributed by atoms with Gasteiger partial charge in [0, 0.05) is 0 Å². The van der Waals surface area contributed by atoms with Gasteiger partial charge in [-0.05, 0) is 67.6 Å².